The maximum Gasteiger partial charge on any atom is 0.123 e. The van der Waals surface area contributed by atoms with Crippen LogP contribution in [-0.2, 0) is 17.6 Å². The minimum Gasteiger partial charge on any atom is -0.303 e. The highest BCUT2D eigenvalue weighted by atomic mass is 16.1. The van der Waals surface area contributed by atoms with Crippen LogP contribution in [0.4, 0.5) is 0 Å². The summed E-state index contributed by atoms with van der Waals surface area (Å²) in [7, 11) is 0. The molecule has 0 aliphatic rings. The van der Waals surface area contributed by atoms with Crippen molar-refractivity contribution in [2.24, 2.45) is 5.92 Å². The van der Waals surface area contributed by atoms with Gasteiger partial charge in [-0.25, -0.2) is 0 Å². The lowest BCUT2D eigenvalue weighted by Crippen LogP contribution is -2.02. The molecule has 76 valence electrons. The van der Waals surface area contributed by atoms with Crippen molar-refractivity contribution in [3.63, 3.8) is 0 Å². The van der Waals surface area contributed by atoms with Gasteiger partial charge >= 0.3 is 0 Å². The fraction of sp³-hybridized carbons (Fsp3) is 0.462. The highest BCUT2D eigenvalue weighted by molar-refractivity contribution is 5.54. The van der Waals surface area contributed by atoms with Crippen molar-refractivity contribution in [1.82, 2.24) is 0 Å². The Kier molecular flexibility index (Phi) is 3.87. The molecule has 1 heteroatoms. The van der Waals surface area contributed by atoms with E-state index in [2.05, 4.69) is 32.0 Å². The summed E-state index contributed by atoms with van der Waals surface area (Å²) in [6.45, 7) is 6.22. The van der Waals surface area contributed by atoms with Gasteiger partial charge in [0, 0.05) is 5.92 Å². The van der Waals surface area contributed by atoms with Crippen molar-refractivity contribution >= 4 is 6.29 Å². The fourth-order valence-electron chi connectivity index (χ4n) is 1.56. The van der Waals surface area contributed by atoms with Gasteiger partial charge in [-0.05, 0) is 36.5 Å². The quantitative estimate of drug-likeness (QED) is 0.667. The zero-order valence-corrected chi connectivity index (χ0v) is 9.21. The standard InChI is InChI=1S/C13H18O/c1-4-12-6-5-11(3)13(8-12)7-10(2)9-14/h5-6,8-10H,4,7H2,1-3H3. The van der Waals surface area contributed by atoms with Crippen LogP contribution >= 0.6 is 0 Å². The third-order valence-corrected chi connectivity index (χ3v) is 2.60. The van der Waals surface area contributed by atoms with Gasteiger partial charge in [-0.15, -0.1) is 0 Å². The number of carbonyl (C=O) groups is 1. The molecular weight excluding hydrogens is 172 g/mol. The third kappa shape index (κ3) is 2.69. The molecule has 14 heavy (non-hydrogen) atoms. The normalized spacial score (nSPS) is 12.5. The fourth-order valence-corrected chi connectivity index (χ4v) is 1.56. The maximum atomic E-state index is 10.6. The zero-order chi connectivity index (χ0) is 10.6. The van der Waals surface area contributed by atoms with Crippen molar-refractivity contribution in [2.75, 3.05) is 0 Å². The average Bonchev–Trinajstić information content (AvgIpc) is 2.21. The number of hydrogen-bond donors (Lipinski definition) is 0. The van der Waals surface area contributed by atoms with Gasteiger partial charge in [-0.3, -0.25) is 0 Å². The van der Waals surface area contributed by atoms with E-state index < -0.39 is 0 Å². The van der Waals surface area contributed by atoms with E-state index in [9.17, 15) is 4.79 Å². The van der Waals surface area contributed by atoms with Crippen LogP contribution in [0.25, 0.3) is 0 Å². The van der Waals surface area contributed by atoms with E-state index in [1.165, 1.54) is 16.7 Å². The van der Waals surface area contributed by atoms with Crippen molar-refractivity contribution in [1.29, 1.82) is 0 Å². The minimum atomic E-state index is 0.126. The van der Waals surface area contributed by atoms with Crippen molar-refractivity contribution in [3.05, 3.63) is 34.9 Å². The van der Waals surface area contributed by atoms with Crippen LogP contribution in [0.2, 0.25) is 0 Å². The lowest BCUT2D eigenvalue weighted by Gasteiger charge is -2.09. The predicted molar refractivity (Wildman–Crippen MR) is 59.5 cm³/mol. The first-order valence-electron chi connectivity index (χ1n) is 5.21. The largest absolute Gasteiger partial charge is 0.303 e. The van der Waals surface area contributed by atoms with E-state index in [1.54, 1.807) is 0 Å². The topological polar surface area (TPSA) is 17.1 Å². The second kappa shape index (κ2) is 4.94. The van der Waals surface area contributed by atoms with Crippen LogP contribution in [0.5, 0.6) is 0 Å². The molecule has 1 unspecified atom stereocenters. The van der Waals surface area contributed by atoms with Crippen LogP contribution in [0.1, 0.15) is 30.5 Å². The molecule has 0 aromatic heterocycles. The molecule has 0 saturated carbocycles. The van der Waals surface area contributed by atoms with Gasteiger partial charge in [0.15, 0.2) is 0 Å². The molecule has 0 saturated heterocycles. The number of benzene rings is 1. The minimum absolute atomic E-state index is 0.126. The first-order valence-corrected chi connectivity index (χ1v) is 5.21. The SMILES string of the molecule is CCc1ccc(C)c(CC(C)C=O)c1. The highest BCUT2D eigenvalue weighted by Crippen LogP contribution is 2.15. The Morgan fingerprint density at radius 2 is 2.14 bits per heavy atom. The van der Waals surface area contributed by atoms with Crippen LogP contribution in [0.3, 0.4) is 0 Å². The maximum absolute atomic E-state index is 10.6. The first kappa shape index (κ1) is 11.0. The molecule has 0 radical (unpaired) electrons. The number of aryl methyl sites for hydroxylation is 2. The molecule has 0 fully saturated rings. The molecule has 0 N–H and O–H groups in total. The van der Waals surface area contributed by atoms with Gasteiger partial charge in [0.25, 0.3) is 0 Å². The van der Waals surface area contributed by atoms with Crippen LogP contribution in [0.15, 0.2) is 18.2 Å². The Balaban J connectivity index is 2.88. The molecule has 0 heterocycles. The smallest absolute Gasteiger partial charge is 0.123 e. The number of carbonyl (C=O) groups excluding carboxylic acids is 1. The highest BCUT2D eigenvalue weighted by Gasteiger charge is 2.05. The number of aldehydes is 1. The summed E-state index contributed by atoms with van der Waals surface area (Å²) in [5.41, 5.74) is 3.95. The summed E-state index contributed by atoms with van der Waals surface area (Å²) in [6, 6.07) is 6.52. The second-order valence-electron chi connectivity index (χ2n) is 3.93. The Labute approximate surface area is 86.1 Å². The monoisotopic (exact) mass is 190 g/mol. The van der Waals surface area contributed by atoms with E-state index in [4.69, 9.17) is 0 Å². The van der Waals surface area contributed by atoms with Gasteiger partial charge in [0.05, 0.1) is 0 Å². The first-order chi connectivity index (χ1) is 6.67. The van der Waals surface area contributed by atoms with E-state index in [0.29, 0.717) is 0 Å². The van der Waals surface area contributed by atoms with Crippen LogP contribution in [0, 0.1) is 12.8 Å². The summed E-state index contributed by atoms with van der Waals surface area (Å²) < 4.78 is 0. The Morgan fingerprint density at radius 3 is 2.71 bits per heavy atom. The molecule has 0 amide bonds. The molecule has 0 bridgehead atoms. The summed E-state index contributed by atoms with van der Waals surface area (Å²) in [5.74, 6) is 0.126. The lowest BCUT2D eigenvalue weighted by atomic mass is 9.96. The Hall–Kier alpha value is -1.11. The van der Waals surface area contributed by atoms with Crippen molar-refractivity contribution in [2.45, 2.75) is 33.6 Å². The van der Waals surface area contributed by atoms with Gasteiger partial charge in [0.1, 0.15) is 6.29 Å². The van der Waals surface area contributed by atoms with Gasteiger partial charge in [-0.1, -0.05) is 32.0 Å². The van der Waals surface area contributed by atoms with Gasteiger partial charge < -0.3 is 4.79 Å². The summed E-state index contributed by atoms with van der Waals surface area (Å²) in [5, 5.41) is 0. The number of hydrogen-bond acceptors (Lipinski definition) is 1. The number of rotatable bonds is 4. The summed E-state index contributed by atoms with van der Waals surface area (Å²) >= 11 is 0. The second-order valence-corrected chi connectivity index (χ2v) is 3.93. The molecule has 0 aliphatic heterocycles. The van der Waals surface area contributed by atoms with Gasteiger partial charge in [0.2, 0.25) is 0 Å². The molecule has 1 aromatic carbocycles. The summed E-state index contributed by atoms with van der Waals surface area (Å²) in [4.78, 5) is 10.6. The average molecular weight is 190 g/mol. The predicted octanol–water partition coefficient (Wildman–Crippen LogP) is 2.93. The third-order valence-electron chi connectivity index (χ3n) is 2.60. The lowest BCUT2D eigenvalue weighted by molar-refractivity contribution is -0.110. The van der Waals surface area contributed by atoms with Crippen LogP contribution in [-0.4, -0.2) is 6.29 Å². The molecule has 0 aliphatic carbocycles. The molecule has 1 nitrogen and oxygen atoms in total. The Morgan fingerprint density at radius 1 is 1.43 bits per heavy atom. The van der Waals surface area contributed by atoms with E-state index in [0.717, 1.165) is 19.1 Å². The van der Waals surface area contributed by atoms with E-state index in [-0.39, 0.29) is 5.92 Å². The molecular formula is C13H18O. The zero-order valence-electron chi connectivity index (χ0n) is 9.21. The van der Waals surface area contributed by atoms with E-state index >= 15 is 0 Å². The van der Waals surface area contributed by atoms with Crippen molar-refractivity contribution < 1.29 is 4.79 Å². The summed E-state index contributed by atoms with van der Waals surface area (Å²) in [6.07, 6.45) is 2.95. The van der Waals surface area contributed by atoms with Crippen molar-refractivity contribution in [3.8, 4) is 0 Å². The molecule has 1 atom stereocenters. The van der Waals surface area contributed by atoms with E-state index in [1.807, 2.05) is 6.92 Å². The van der Waals surface area contributed by atoms with Crippen LogP contribution < -0.4 is 0 Å². The molecule has 1 aromatic rings. The Bertz CT molecular complexity index is 315. The van der Waals surface area contributed by atoms with Gasteiger partial charge in [-0.2, -0.15) is 0 Å². The molecule has 0 spiro atoms. The molecule has 1 rings (SSSR count).